The van der Waals surface area contributed by atoms with Crippen molar-refractivity contribution in [3.63, 3.8) is 0 Å². The Balaban J connectivity index is 0.00000144. The van der Waals surface area contributed by atoms with Gasteiger partial charge in [0, 0.05) is 5.56 Å². The third-order valence-corrected chi connectivity index (χ3v) is 2.74. The molecular formula is C14H16ClNO. The topological polar surface area (TPSA) is 35.2 Å². The molecule has 0 fully saturated rings. The first kappa shape index (κ1) is 13.6. The summed E-state index contributed by atoms with van der Waals surface area (Å²) >= 11 is 0. The van der Waals surface area contributed by atoms with E-state index in [0.29, 0.717) is 0 Å². The lowest BCUT2D eigenvalue weighted by atomic mass is 9.98. The van der Waals surface area contributed by atoms with Gasteiger partial charge in [0.15, 0.2) is 0 Å². The highest BCUT2D eigenvalue weighted by atomic mass is 35.5. The maximum Gasteiger partial charge on any atom is 0.124 e. The lowest BCUT2D eigenvalue weighted by Crippen LogP contribution is -2.09. The molecule has 2 nitrogen and oxygen atoms in total. The minimum Gasteiger partial charge on any atom is -0.496 e. The molecule has 2 aromatic carbocycles. The van der Waals surface area contributed by atoms with Crippen molar-refractivity contribution >= 4 is 23.2 Å². The van der Waals surface area contributed by atoms with Gasteiger partial charge in [0.05, 0.1) is 13.2 Å². The molecule has 0 amide bonds. The first-order valence-corrected chi connectivity index (χ1v) is 5.21. The molecule has 90 valence electrons. The van der Waals surface area contributed by atoms with Crippen molar-refractivity contribution in [3.8, 4) is 5.75 Å². The largest absolute Gasteiger partial charge is 0.496 e. The maximum absolute atomic E-state index is 6.04. The highest BCUT2D eigenvalue weighted by molar-refractivity contribution is 5.88. The fourth-order valence-corrected chi connectivity index (χ4v) is 1.92. The predicted molar refractivity (Wildman–Crippen MR) is 74.9 cm³/mol. The van der Waals surface area contributed by atoms with E-state index in [2.05, 4.69) is 18.7 Å². The molecule has 0 heterocycles. The van der Waals surface area contributed by atoms with Crippen molar-refractivity contribution in [1.82, 2.24) is 0 Å². The first-order valence-electron chi connectivity index (χ1n) is 5.21. The summed E-state index contributed by atoms with van der Waals surface area (Å²) in [5.41, 5.74) is 7.03. The van der Waals surface area contributed by atoms with Crippen LogP contribution >= 0.6 is 12.4 Å². The highest BCUT2D eigenvalue weighted by Gasteiger charge is 2.12. The van der Waals surface area contributed by atoms with Crippen LogP contribution in [0.4, 0.5) is 0 Å². The van der Waals surface area contributed by atoms with E-state index in [-0.39, 0.29) is 18.4 Å². The summed E-state index contributed by atoms with van der Waals surface area (Å²) in [6.07, 6.45) is 1.73. The number of halogens is 1. The summed E-state index contributed by atoms with van der Waals surface area (Å²) < 4.78 is 5.35. The van der Waals surface area contributed by atoms with Gasteiger partial charge < -0.3 is 10.5 Å². The smallest absolute Gasteiger partial charge is 0.124 e. The zero-order chi connectivity index (χ0) is 11.5. The minimum atomic E-state index is -0.207. The third-order valence-electron chi connectivity index (χ3n) is 2.74. The lowest BCUT2D eigenvalue weighted by molar-refractivity contribution is 0.409. The average Bonchev–Trinajstić information content (AvgIpc) is 2.36. The van der Waals surface area contributed by atoms with Crippen LogP contribution in [0, 0.1) is 0 Å². The number of nitrogens with two attached hydrogens (primary N) is 1. The van der Waals surface area contributed by atoms with Crippen molar-refractivity contribution in [2.75, 3.05) is 7.11 Å². The monoisotopic (exact) mass is 249 g/mol. The molecular weight excluding hydrogens is 234 g/mol. The second-order valence-electron chi connectivity index (χ2n) is 3.66. The van der Waals surface area contributed by atoms with Gasteiger partial charge in [-0.25, -0.2) is 0 Å². The normalized spacial score (nSPS) is 11.6. The molecule has 2 aromatic rings. The summed E-state index contributed by atoms with van der Waals surface area (Å²) in [5, 5.41) is 2.28. The molecule has 0 aliphatic heterocycles. The summed E-state index contributed by atoms with van der Waals surface area (Å²) in [5.74, 6) is 0.811. The van der Waals surface area contributed by atoms with Crippen LogP contribution in [0.2, 0.25) is 0 Å². The fourth-order valence-electron chi connectivity index (χ4n) is 1.92. The Bertz CT molecular complexity index is 525. The zero-order valence-electron chi connectivity index (χ0n) is 9.72. The lowest BCUT2D eigenvalue weighted by Gasteiger charge is -2.15. The van der Waals surface area contributed by atoms with Crippen molar-refractivity contribution in [2.24, 2.45) is 5.73 Å². The van der Waals surface area contributed by atoms with Gasteiger partial charge in [-0.05, 0) is 16.8 Å². The van der Waals surface area contributed by atoms with Crippen molar-refractivity contribution in [3.05, 3.63) is 54.6 Å². The summed E-state index contributed by atoms with van der Waals surface area (Å²) in [4.78, 5) is 0. The molecule has 0 bridgehead atoms. The van der Waals surface area contributed by atoms with E-state index in [1.54, 1.807) is 13.2 Å². The van der Waals surface area contributed by atoms with Gasteiger partial charge in [-0.2, -0.15) is 0 Å². The highest BCUT2D eigenvalue weighted by Crippen LogP contribution is 2.32. The first-order chi connectivity index (χ1) is 7.77. The van der Waals surface area contributed by atoms with Crippen LogP contribution in [-0.2, 0) is 0 Å². The van der Waals surface area contributed by atoms with Gasteiger partial charge in [0.1, 0.15) is 5.75 Å². The summed E-state index contributed by atoms with van der Waals surface area (Å²) in [7, 11) is 1.66. The fraction of sp³-hybridized carbons (Fsp3) is 0.143. The number of fused-ring (bicyclic) bond motifs is 1. The van der Waals surface area contributed by atoms with Crippen LogP contribution in [0.3, 0.4) is 0 Å². The summed E-state index contributed by atoms with van der Waals surface area (Å²) in [6.45, 7) is 3.74. The van der Waals surface area contributed by atoms with Crippen molar-refractivity contribution in [1.29, 1.82) is 0 Å². The van der Waals surface area contributed by atoms with Crippen molar-refractivity contribution < 1.29 is 4.74 Å². The molecule has 0 aliphatic carbocycles. The van der Waals surface area contributed by atoms with Crippen LogP contribution in [0.5, 0.6) is 5.75 Å². The van der Waals surface area contributed by atoms with Crippen molar-refractivity contribution in [2.45, 2.75) is 6.04 Å². The van der Waals surface area contributed by atoms with Gasteiger partial charge in [-0.1, -0.05) is 36.4 Å². The second kappa shape index (κ2) is 5.71. The Kier molecular flexibility index (Phi) is 4.55. The van der Waals surface area contributed by atoms with E-state index >= 15 is 0 Å². The molecule has 2 N–H and O–H groups in total. The maximum atomic E-state index is 6.04. The number of rotatable bonds is 3. The average molecular weight is 250 g/mol. The molecule has 0 unspecified atom stereocenters. The Hall–Kier alpha value is -1.51. The predicted octanol–water partition coefficient (Wildman–Crippen LogP) is 3.46. The number of hydrogen-bond donors (Lipinski definition) is 1. The van der Waals surface area contributed by atoms with Crippen LogP contribution in [0.15, 0.2) is 49.1 Å². The van der Waals surface area contributed by atoms with Crippen LogP contribution in [-0.4, -0.2) is 7.11 Å². The molecule has 0 spiro atoms. The standard InChI is InChI=1S/C14H15NO.ClH/c1-3-12(15)14-11-7-5-4-6-10(11)8-9-13(14)16-2;/h3-9,12H,1,15H2,2H3;1H/t12-;/m0./s1. The number of methoxy groups -OCH3 is 1. The quantitative estimate of drug-likeness (QED) is 0.846. The van der Waals surface area contributed by atoms with Gasteiger partial charge in [0.25, 0.3) is 0 Å². The van der Waals surface area contributed by atoms with Crippen LogP contribution < -0.4 is 10.5 Å². The third kappa shape index (κ3) is 2.43. The molecule has 2 rings (SSSR count). The number of benzene rings is 2. The second-order valence-corrected chi connectivity index (χ2v) is 3.66. The van der Waals surface area contributed by atoms with Gasteiger partial charge in [-0.15, -0.1) is 19.0 Å². The van der Waals surface area contributed by atoms with E-state index in [0.717, 1.165) is 22.1 Å². The van der Waals surface area contributed by atoms with Crippen LogP contribution in [0.25, 0.3) is 10.8 Å². The van der Waals surface area contributed by atoms with Gasteiger partial charge >= 0.3 is 0 Å². The Morgan fingerprint density at radius 3 is 2.59 bits per heavy atom. The molecule has 0 saturated heterocycles. The molecule has 0 saturated carbocycles. The molecule has 0 aromatic heterocycles. The molecule has 3 heteroatoms. The molecule has 0 radical (unpaired) electrons. The van der Waals surface area contributed by atoms with Gasteiger partial charge in [0.2, 0.25) is 0 Å². The van der Waals surface area contributed by atoms with E-state index < -0.39 is 0 Å². The van der Waals surface area contributed by atoms with Crippen LogP contribution in [0.1, 0.15) is 11.6 Å². The molecule has 17 heavy (non-hydrogen) atoms. The molecule has 1 atom stereocenters. The van der Waals surface area contributed by atoms with Gasteiger partial charge in [-0.3, -0.25) is 0 Å². The Morgan fingerprint density at radius 1 is 1.24 bits per heavy atom. The van der Waals surface area contributed by atoms with E-state index in [1.165, 1.54) is 0 Å². The van der Waals surface area contributed by atoms with E-state index in [9.17, 15) is 0 Å². The molecule has 0 aliphatic rings. The summed E-state index contributed by atoms with van der Waals surface area (Å²) in [6, 6.07) is 11.9. The number of hydrogen-bond acceptors (Lipinski definition) is 2. The SMILES string of the molecule is C=C[C@H](N)c1c(OC)ccc2ccccc12.Cl. The van der Waals surface area contributed by atoms with E-state index in [1.807, 2.05) is 24.3 Å². The zero-order valence-corrected chi connectivity index (χ0v) is 10.5. The minimum absolute atomic E-state index is 0. The number of ether oxygens (including phenoxy) is 1. The Labute approximate surface area is 107 Å². The Morgan fingerprint density at radius 2 is 1.94 bits per heavy atom. The van der Waals surface area contributed by atoms with E-state index in [4.69, 9.17) is 10.5 Å².